The molecule has 4 rings (SSSR count). The first-order valence-electron chi connectivity index (χ1n) is 8.91. The molecule has 0 unspecified atom stereocenters. The van der Waals surface area contributed by atoms with Crippen LogP contribution in [0.3, 0.4) is 0 Å². The average Bonchev–Trinajstić information content (AvgIpc) is 3.32. The van der Waals surface area contributed by atoms with Gasteiger partial charge in [-0.25, -0.2) is 4.98 Å². The highest BCUT2D eigenvalue weighted by atomic mass is 32.2. The minimum Gasteiger partial charge on any atom is -0.338 e. The monoisotopic (exact) mass is 412 g/mol. The van der Waals surface area contributed by atoms with E-state index < -0.39 is 0 Å². The molecule has 0 N–H and O–H groups in total. The standard InChI is InChI=1S/C20H20N4O2S2/c1-12(16-22-18(23-26-16)20(2,3)4)28-19-21-14-10-11-27-15(14)17(25)24(19)13-8-6-5-7-9-13/h5-12H,1-4H3/t12-/m0/s1. The molecule has 3 aromatic heterocycles. The molecule has 4 aromatic rings. The van der Waals surface area contributed by atoms with Crippen molar-refractivity contribution >= 4 is 33.3 Å². The van der Waals surface area contributed by atoms with E-state index >= 15 is 0 Å². The largest absolute Gasteiger partial charge is 0.338 e. The van der Waals surface area contributed by atoms with Crippen molar-refractivity contribution in [3.63, 3.8) is 0 Å². The summed E-state index contributed by atoms with van der Waals surface area (Å²) in [5.74, 6) is 1.19. The van der Waals surface area contributed by atoms with E-state index in [2.05, 4.69) is 10.1 Å². The number of nitrogens with zero attached hydrogens (tertiary/aromatic N) is 4. The molecule has 0 bridgehead atoms. The van der Waals surface area contributed by atoms with E-state index in [0.717, 1.165) is 5.69 Å². The number of thioether (sulfide) groups is 1. The highest BCUT2D eigenvalue weighted by molar-refractivity contribution is 7.99. The Balaban J connectivity index is 1.78. The van der Waals surface area contributed by atoms with Crippen molar-refractivity contribution in [3.8, 4) is 5.69 Å². The van der Waals surface area contributed by atoms with E-state index in [1.54, 1.807) is 4.57 Å². The van der Waals surface area contributed by atoms with Gasteiger partial charge in [-0.3, -0.25) is 9.36 Å². The van der Waals surface area contributed by atoms with Crippen LogP contribution in [0.1, 0.15) is 44.7 Å². The van der Waals surface area contributed by atoms with Crippen LogP contribution in [-0.4, -0.2) is 19.7 Å². The van der Waals surface area contributed by atoms with Gasteiger partial charge in [-0.15, -0.1) is 11.3 Å². The summed E-state index contributed by atoms with van der Waals surface area (Å²) in [4.78, 5) is 22.4. The SMILES string of the molecule is C[C@H](Sc1nc2ccsc2c(=O)n1-c1ccccc1)c1nc(C(C)(C)C)no1. The van der Waals surface area contributed by atoms with Crippen LogP contribution < -0.4 is 5.56 Å². The molecule has 8 heteroatoms. The summed E-state index contributed by atoms with van der Waals surface area (Å²) in [6.45, 7) is 8.10. The van der Waals surface area contributed by atoms with Crippen LogP contribution in [0.2, 0.25) is 0 Å². The molecule has 6 nitrogen and oxygen atoms in total. The number of hydrogen-bond donors (Lipinski definition) is 0. The molecule has 1 aromatic carbocycles. The van der Waals surface area contributed by atoms with Gasteiger partial charge in [-0.1, -0.05) is 55.9 Å². The van der Waals surface area contributed by atoms with Crippen molar-refractivity contribution in [1.82, 2.24) is 19.7 Å². The molecule has 28 heavy (non-hydrogen) atoms. The number of rotatable bonds is 4. The molecular formula is C20H20N4O2S2. The fraction of sp³-hybridized carbons (Fsp3) is 0.300. The summed E-state index contributed by atoms with van der Waals surface area (Å²) >= 11 is 2.84. The number of fused-ring (bicyclic) bond motifs is 1. The van der Waals surface area contributed by atoms with E-state index in [1.807, 2.05) is 69.5 Å². The number of benzene rings is 1. The third-order valence-electron chi connectivity index (χ3n) is 4.21. The summed E-state index contributed by atoms with van der Waals surface area (Å²) in [5.41, 5.74) is 1.23. The number of para-hydroxylation sites is 1. The van der Waals surface area contributed by atoms with Gasteiger partial charge in [0.25, 0.3) is 5.56 Å². The maximum absolute atomic E-state index is 13.1. The Morgan fingerprint density at radius 2 is 1.89 bits per heavy atom. The third kappa shape index (κ3) is 3.49. The molecule has 0 aliphatic carbocycles. The summed E-state index contributed by atoms with van der Waals surface area (Å²) in [5, 5.41) is 6.44. The first-order valence-corrected chi connectivity index (χ1v) is 10.7. The van der Waals surface area contributed by atoms with Gasteiger partial charge in [0.15, 0.2) is 11.0 Å². The number of hydrogen-bond acceptors (Lipinski definition) is 7. The lowest BCUT2D eigenvalue weighted by Crippen LogP contribution is -2.21. The fourth-order valence-corrected chi connectivity index (χ4v) is 4.41. The molecule has 0 amide bonds. The Morgan fingerprint density at radius 3 is 2.57 bits per heavy atom. The molecule has 0 aliphatic rings. The van der Waals surface area contributed by atoms with E-state index in [9.17, 15) is 4.79 Å². The Morgan fingerprint density at radius 1 is 1.14 bits per heavy atom. The van der Waals surface area contributed by atoms with Crippen LogP contribution in [0.25, 0.3) is 15.9 Å². The lowest BCUT2D eigenvalue weighted by Gasteiger charge is -2.14. The smallest absolute Gasteiger partial charge is 0.276 e. The Labute approximate surface area is 170 Å². The van der Waals surface area contributed by atoms with Crippen molar-refractivity contribution in [2.75, 3.05) is 0 Å². The highest BCUT2D eigenvalue weighted by Crippen LogP contribution is 2.35. The van der Waals surface area contributed by atoms with Gasteiger partial charge < -0.3 is 4.52 Å². The molecule has 0 radical (unpaired) electrons. The van der Waals surface area contributed by atoms with Crippen LogP contribution in [0, 0.1) is 0 Å². The van der Waals surface area contributed by atoms with E-state index in [1.165, 1.54) is 23.1 Å². The van der Waals surface area contributed by atoms with Gasteiger partial charge in [0.1, 0.15) is 4.70 Å². The van der Waals surface area contributed by atoms with Gasteiger partial charge >= 0.3 is 0 Å². The summed E-state index contributed by atoms with van der Waals surface area (Å²) < 4.78 is 7.78. The molecule has 3 heterocycles. The van der Waals surface area contributed by atoms with Crippen molar-refractivity contribution < 1.29 is 4.52 Å². The predicted octanol–water partition coefficient (Wildman–Crippen LogP) is 4.98. The van der Waals surface area contributed by atoms with Gasteiger partial charge in [-0.05, 0) is 30.5 Å². The van der Waals surface area contributed by atoms with Gasteiger partial charge in [0, 0.05) is 5.41 Å². The molecule has 0 fully saturated rings. The molecule has 0 saturated heterocycles. The Hall–Kier alpha value is -2.45. The molecular weight excluding hydrogens is 392 g/mol. The molecule has 1 atom stereocenters. The summed E-state index contributed by atoms with van der Waals surface area (Å²) in [6, 6.07) is 11.4. The summed E-state index contributed by atoms with van der Waals surface area (Å²) in [7, 11) is 0. The maximum atomic E-state index is 13.1. The van der Waals surface area contributed by atoms with Crippen LogP contribution >= 0.6 is 23.1 Å². The van der Waals surface area contributed by atoms with Gasteiger partial charge in [-0.2, -0.15) is 4.98 Å². The summed E-state index contributed by atoms with van der Waals surface area (Å²) in [6.07, 6.45) is 0. The van der Waals surface area contributed by atoms with Crippen LogP contribution in [0.5, 0.6) is 0 Å². The maximum Gasteiger partial charge on any atom is 0.276 e. The zero-order valence-corrected chi connectivity index (χ0v) is 17.7. The molecule has 0 aliphatic heterocycles. The molecule has 0 spiro atoms. The second-order valence-electron chi connectivity index (χ2n) is 7.47. The Bertz CT molecular complexity index is 1170. The van der Waals surface area contributed by atoms with E-state index in [4.69, 9.17) is 9.51 Å². The minimum atomic E-state index is -0.188. The van der Waals surface area contributed by atoms with Crippen LogP contribution in [0.4, 0.5) is 0 Å². The second-order valence-corrected chi connectivity index (χ2v) is 9.70. The van der Waals surface area contributed by atoms with Crippen molar-refractivity contribution in [2.45, 2.75) is 43.5 Å². The quantitative estimate of drug-likeness (QED) is 0.348. The fourth-order valence-electron chi connectivity index (χ4n) is 2.69. The topological polar surface area (TPSA) is 73.8 Å². The zero-order valence-electron chi connectivity index (χ0n) is 16.0. The molecule has 144 valence electrons. The zero-order chi connectivity index (χ0) is 19.9. The lowest BCUT2D eigenvalue weighted by atomic mass is 9.96. The molecule has 0 saturated carbocycles. The van der Waals surface area contributed by atoms with Crippen LogP contribution in [0.15, 0.2) is 56.3 Å². The van der Waals surface area contributed by atoms with Crippen molar-refractivity contribution in [3.05, 3.63) is 63.8 Å². The van der Waals surface area contributed by atoms with Crippen molar-refractivity contribution in [1.29, 1.82) is 0 Å². The number of thiophene rings is 1. The lowest BCUT2D eigenvalue weighted by molar-refractivity contribution is 0.364. The Kier molecular flexibility index (Phi) is 4.84. The second kappa shape index (κ2) is 7.18. The predicted molar refractivity (Wildman–Crippen MR) is 112 cm³/mol. The van der Waals surface area contributed by atoms with Crippen LogP contribution in [-0.2, 0) is 5.41 Å². The van der Waals surface area contributed by atoms with Gasteiger partial charge in [0.05, 0.1) is 16.5 Å². The van der Waals surface area contributed by atoms with Crippen molar-refractivity contribution in [2.24, 2.45) is 0 Å². The highest BCUT2D eigenvalue weighted by Gasteiger charge is 2.25. The average molecular weight is 413 g/mol. The minimum absolute atomic E-state index is 0.0678. The van der Waals surface area contributed by atoms with E-state index in [0.29, 0.717) is 27.1 Å². The first-order chi connectivity index (χ1) is 13.3. The third-order valence-corrected chi connectivity index (χ3v) is 6.14. The van der Waals surface area contributed by atoms with Gasteiger partial charge in [0.2, 0.25) is 5.89 Å². The normalized spacial score (nSPS) is 13.1. The van der Waals surface area contributed by atoms with E-state index in [-0.39, 0.29) is 16.2 Å². The first kappa shape index (κ1) is 18.9. The number of aromatic nitrogens is 4.